The molecular formula is C34H38F3N7O2. The summed E-state index contributed by atoms with van der Waals surface area (Å²) in [5, 5.41) is 9.62. The quantitative estimate of drug-likeness (QED) is 0.278. The third-order valence-electron chi connectivity index (χ3n) is 10.2. The third-order valence-corrected chi connectivity index (χ3v) is 10.2. The molecule has 2 aliphatic heterocycles. The number of aromatic nitrogens is 4. The van der Waals surface area contributed by atoms with Gasteiger partial charge in [0.05, 0.1) is 46.0 Å². The van der Waals surface area contributed by atoms with Crippen molar-refractivity contribution in [1.82, 2.24) is 35.1 Å². The Morgan fingerprint density at radius 3 is 2.76 bits per heavy atom. The number of carbonyl (C=O) groups excluding carboxylic acids is 2. The maximum Gasteiger partial charge on any atom is 0.254 e. The van der Waals surface area contributed by atoms with Crippen LogP contribution in [-0.2, 0) is 11.3 Å². The van der Waals surface area contributed by atoms with E-state index < -0.39 is 41.6 Å². The molecule has 1 aromatic carbocycles. The Kier molecular flexibility index (Phi) is 7.11. The summed E-state index contributed by atoms with van der Waals surface area (Å²) in [6.45, 7) is 3.32. The first-order valence-corrected chi connectivity index (χ1v) is 16.6. The van der Waals surface area contributed by atoms with E-state index in [4.69, 9.17) is 9.97 Å². The van der Waals surface area contributed by atoms with Crippen molar-refractivity contribution in [3.8, 4) is 11.5 Å². The lowest BCUT2D eigenvalue weighted by Crippen LogP contribution is -2.52. The third kappa shape index (κ3) is 5.14. The van der Waals surface area contributed by atoms with Crippen molar-refractivity contribution in [2.45, 2.75) is 94.8 Å². The number of benzene rings is 1. The monoisotopic (exact) mass is 633 g/mol. The van der Waals surface area contributed by atoms with Crippen LogP contribution in [0.15, 0.2) is 30.3 Å². The fraction of sp³-hybridized carbons (Fsp3) is 0.529. The van der Waals surface area contributed by atoms with Gasteiger partial charge in [-0.25, -0.2) is 23.1 Å². The summed E-state index contributed by atoms with van der Waals surface area (Å²) < 4.78 is 49.4. The molecule has 5 heterocycles. The number of hydrogen-bond donors (Lipinski definition) is 3. The molecule has 3 N–H and O–H groups in total. The minimum Gasteiger partial charge on any atom is -0.348 e. The van der Waals surface area contributed by atoms with Crippen molar-refractivity contribution >= 4 is 33.9 Å². The van der Waals surface area contributed by atoms with Crippen LogP contribution in [0.3, 0.4) is 0 Å². The number of nitrogens with zero attached hydrogens (tertiary/aromatic N) is 4. The number of amides is 2. The molecular weight excluding hydrogens is 595 g/mol. The van der Waals surface area contributed by atoms with Crippen molar-refractivity contribution in [1.29, 1.82) is 0 Å². The van der Waals surface area contributed by atoms with Crippen LogP contribution in [0.25, 0.3) is 33.6 Å². The van der Waals surface area contributed by atoms with Crippen molar-refractivity contribution in [2.75, 3.05) is 13.1 Å². The fourth-order valence-electron chi connectivity index (χ4n) is 7.32. The van der Waals surface area contributed by atoms with Crippen LogP contribution in [0.5, 0.6) is 0 Å². The molecule has 2 bridgehead atoms. The molecule has 1 saturated heterocycles. The number of hydrogen-bond acceptors (Lipinski definition) is 5. The van der Waals surface area contributed by atoms with E-state index in [1.54, 1.807) is 0 Å². The molecule has 12 heteroatoms. The Bertz CT molecular complexity index is 1870. The minimum absolute atomic E-state index is 0.148. The molecule has 242 valence electrons. The Labute approximate surface area is 264 Å². The number of imidazole rings is 1. The molecule has 3 fully saturated rings. The molecule has 5 atom stereocenters. The molecule has 46 heavy (non-hydrogen) atoms. The van der Waals surface area contributed by atoms with Gasteiger partial charge in [-0.15, -0.1) is 0 Å². The lowest BCUT2D eigenvalue weighted by atomic mass is 10.0. The molecule has 9 nitrogen and oxygen atoms in total. The zero-order valence-corrected chi connectivity index (χ0v) is 25.8. The van der Waals surface area contributed by atoms with Crippen LogP contribution in [0, 0.1) is 11.7 Å². The first kappa shape index (κ1) is 29.5. The van der Waals surface area contributed by atoms with Crippen molar-refractivity contribution < 1.29 is 22.8 Å². The van der Waals surface area contributed by atoms with E-state index >= 15 is 8.78 Å². The first-order valence-electron chi connectivity index (χ1n) is 16.6. The number of fused-ring (bicyclic) bond motifs is 3. The van der Waals surface area contributed by atoms with E-state index in [1.165, 1.54) is 12.1 Å². The second kappa shape index (κ2) is 11.1. The normalized spacial score (nSPS) is 28.6. The van der Waals surface area contributed by atoms with Crippen molar-refractivity contribution in [3.05, 3.63) is 47.4 Å². The van der Waals surface area contributed by atoms with Gasteiger partial charge in [0.2, 0.25) is 5.91 Å². The largest absolute Gasteiger partial charge is 0.348 e. The molecule has 8 rings (SSSR count). The molecule has 3 aromatic heterocycles. The number of pyridine rings is 1. The van der Waals surface area contributed by atoms with Gasteiger partial charge in [-0.2, -0.15) is 0 Å². The number of piperidine rings is 1. The molecule has 4 aromatic rings. The number of nitrogens with one attached hydrogen (secondary N) is 3. The first-order chi connectivity index (χ1) is 22.2. The average molecular weight is 634 g/mol. The maximum atomic E-state index is 15.6. The van der Waals surface area contributed by atoms with E-state index in [1.807, 2.05) is 25.1 Å². The Balaban J connectivity index is 1.19. The van der Waals surface area contributed by atoms with Gasteiger partial charge in [-0.3, -0.25) is 9.59 Å². The van der Waals surface area contributed by atoms with Crippen LogP contribution in [0.2, 0.25) is 0 Å². The second-order valence-electron chi connectivity index (χ2n) is 13.6. The standard InChI is InChI=1S/C34H38F3N7O2/c1-18-25-8-5-19-13-29(43(30(19)40-25)12-4-2-3-10-34(37)16-22(34)33(46)39-18)31-41-26-14-21(24(36)15-28(26)44(31)20-6-7-20)32(45)42-27-17-38-11-9-23(27)35/h5,8,13-15,18,20,22-23,27,38H,2-4,6-7,9-12,16-17H2,1H3,(H,39,46)(H,42,45)/t18-,22+,23+,27+,34+/m1/s1. The Hall–Kier alpha value is -3.93. The number of alkyl halides is 2. The molecule has 4 aliphatic rings. The summed E-state index contributed by atoms with van der Waals surface area (Å²) >= 11 is 0. The van der Waals surface area contributed by atoms with E-state index in [-0.39, 0.29) is 36.9 Å². The molecule has 0 spiro atoms. The topological polar surface area (TPSA) is 106 Å². The zero-order valence-electron chi connectivity index (χ0n) is 25.8. The van der Waals surface area contributed by atoms with Crippen molar-refractivity contribution in [3.63, 3.8) is 0 Å². The number of halogens is 3. The summed E-state index contributed by atoms with van der Waals surface area (Å²) in [6, 6.07) is 7.78. The lowest BCUT2D eigenvalue weighted by molar-refractivity contribution is -0.124. The maximum absolute atomic E-state index is 15.6. The van der Waals surface area contributed by atoms with E-state index in [0.29, 0.717) is 48.5 Å². The molecule has 0 unspecified atom stereocenters. The highest BCUT2D eigenvalue weighted by Crippen LogP contribution is 2.51. The highest BCUT2D eigenvalue weighted by molar-refractivity contribution is 5.98. The van der Waals surface area contributed by atoms with Gasteiger partial charge in [0, 0.05) is 30.6 Å². The predicted molar refractivity (Wildman–Crippen MR) is 167 cm³/mol. The van der Waals surface area contributed by atoms with Crippen LogP contribution in [0.4, 0.5) is 13.2 Å². The number of rotatable bonds is 4. The number of aryl methyl sites for hydroxylation is 1. The summed E-state index contributed by atoms with van der Waals surface area (Å²) in [5.41, 5.74) is 1.79. The summed E-state index contributed by atoms with van der Waals surface area (Å²) in [4.78, 5) is 35.9. The van der Waals surface area contributed by atoms with E-state index in [0.717, 1.165) is 42.4 Å². The SMILES string of the molecule is C[C@H]1NC(=O)[C@@H]2C[C@@]2(F)CCCCCn2c(-c3nc4cc(C(=O)N[C@H]5CNCC[C@@H]5F)c(F)cc4n3C3CC3)cc3ccc1nc32. The predicted octanol–water partition coefficient (Wildman–Crippen LogP) is 5.44. The fourth-order valence-corrected chi connectivity index (χ4v) is 7.32. The van der Waals surface area contributed by atoms with Gasteiger partial charge < -0.3 is 25.1 Å². The summed E-state index contributed by atoms with van der Waals surface area (Å²) in [5.74, 6) is -1.52. The lowest BCUT2D eigenvalue weighted by Gasteiger charge is -2.27. The zero-order chi connectivity index (χ0) is 31.7. The minimum atomic E-state index is -1.42. The van der Waals surface area contributed by atoms with E-state index in [9.17, 15) is 14.0 Å². The summed E-state index contributed by atoms with van der Waals surface area (Å²) in [7, 11) is 0. The van der Waals surface area contributed by atoms with Gasteiger partial charge in [0.1, 0.15) is 23.3 Å². The molecule has 2 saturated carbocycles. The average Bonchev–Trinajstić information content (AvgIpc) is 3.92. The Morgan fingerprint density at radius 2 is 1.96 bits per heavy atom. The second-order valence-corrected chi connectivity index (χ2v) is 13.6. The van der Waals surface area contributed by atoms with Crippen LogP contribution in [0.1, 0.15) is 86.4 Å². The number of carbonyl (C=O) groups is 2. The highest BCUT2D eigenvalue weighted by Gasteiger charge is 2.59. The van der Waals surface area contributed by atoms with Crippen LogP contribution >= 0.6 is 0 Å². The molecule has 2 aliphatic carbocycles. The molecule has 2 amide bonds. The van der Waals surface area contributed by atoms with Gasteiger partial charge in [-0.1, -0.05) is 12.8 Å². The summed E-state index contributed by atoms with van der Waals surface area (Å²) in [6.07, 6.45) is 3.88. The van der Waals surface area contributed by atoms with Crippen molar-refractivity contribution in [2.24, 2.45) is 5.92 Å². The molecule has 0 radical (unpaired) electrons. The van der Waals surface area contributed by atoms with Gasteiger partial charge in [0.25, 0.3) is 5.91 Å². The highest BCUT2D eigenvalue weighted by atomic mass is 19.1. The van der Waals surface area contributed by atoms with Crippen LogP contribution in [-0.4, -0.2) is 61.9 Å². The van der Waals surface area contributed by atoms with Gasteiger partial charge in [-0.05, 0) is 76.3 Å². The van der Waals surface area contributed by atoms with Gasteiger partial charge >= 0.3 is 0 Å². The van der Waals surface area contributed by atoms with Crippen LogP contribution < -0.4 is 16.0 Å². The van der Waals surface area contributed by atoms with E-state index in [2.05, 4.69) is 25.1 Å². The Morgan fingerprint density at radius 1 is 1.11 bits per heavy atom. The smallest absolute Gasteiger partial charge is 0.254 e. The van der Waals surface area contributed by atoms with Gasteiger partial charge in [0.15, 0.2) is 5.82 Å².